The Balaban J connectivity index is 1.54. The number of esters is 1. The summed E-state index contributed by atoms with van der Waals surface area (Å²) < 4.78 is 12.2. The van der Waals surface area contributed by atoms with Gasteiger partial charge in [-0.25, -0.2) is 0 Å². The molecule has 0 aliphatic carbocycles. The number of carbonyl (C=O) groups excluding carboxylic acids is 2. The van der Waals surface area contributed by atoms with Crippen molar-refractivity contribution in [2.75, 3.05) is 12.4 Å². The van der Waals surface area contributed by atoms with Crippen LogP contribution in [0.5, 0.6) is 0 Å². The lowest BCUT2D eigenvalue weighted by molar-refractivity contribution is -0.139. The van der Waals surface area contributed by atoms with Crippen molar-refractivity contribution in [3.63, 3.8) is 0 Å². The fourth-order valence-corrected chi connectivity index (χ4v) is 3.09. The molecular formula is C18H17N3O4S. The number of thioether (sulfide) groups is 1. The maximum Gasteiger partial charge on any atom is 0.316 e. The van der Waals surface area contributed by atoms with Gasteiger partial charge in [0, 0.05) is 12.1 Å². The molecule has 0 amide bonds. The molecule has 0 N–H and O–H groups in total. The Kier molecular flexibility index (Phi) is 5.85. The fourth-order valence-electron chi connectivity index (χ4n) is 2.29. The zero-order valence-corrected chi connectivity index (χ0v) is 14.9. The molecule has 3 aromatic rings. The summed E-state index contributed by atoms with van der Waals surface area (Å²) in [7, 11) is 0. The van der Waals surface area contributed by atoms with Gasteiger partial charge in [-0.3, -0.25) is 14.2 Å². The summed E-state index contributed by atoms with van der Waals surface area (Å²) in [4.78, 5) is 23.9. The van der Waals surface area contributed by atoms with Crippen molar-refractivity contribution >= 4 is 23.5 Å². The molecule has 3 rings (SSSR count). The molecule has 2 heterocycles. The highest BCUT2D eigenvalue weighted by molar-refractivity contribution is 7.99. The summed E-state index contributed by atoms with van der Waals surface area (Å²) in [5.41, 5.74) is 0.516. The lowest BCUT2D eigenvalue weighted by atomic mass is 10.1. The lowest BCUT2D eigenvalue weighted by Crippen LogP contribution is -2.15. The largest absolute Gasteiger partial charge is 0.461 e. The summed E-state index contributed by atoms with van der Waals surface area (Å²) >= 11 is 1.21. The molecule has 7 nitrogen and oxygen atoms in total. The zero-order chi connectivity index (χ0) is 18.4. The van der Waals surface area contributed by atoms with Gasteiger partial charge in [-0.1, -0.05) is 42.1 Å². The van der Waals surface area contributed by atoms with Crippen molar-refractivity contribution in [2.45, 2.75) is 18.6 Å². The van der Waals surface area contributed by atoms with Gasteiger partial charge in [-0.05, 0) is 19.1 Å². The topological polar surface area (TPSA) is 87.2 Å². The van der Waals surface area contributed by atoms with E-state index in [1.54, 1.807) is 42.7 Å². The molecule has 0 radical (unpaired) electrons. The zero-order valence-electron chi connectivity index (χ0n) is 14.1. The van der Waals surface area contributed by atoms with Crippen LogP contribution in [0.15, 0.2) is 58.3 Å². The number of carbonyl (C=O) groups is 2. The Labute approximate surface area is 154 Å². The summed E-state index contributed by atoms with van der Waals surface area (Å²) in [5.74, 6) is 0.540. The van der Waals surface area contributed by atoms with Gasteiger partial charge >= 0.3 is 5.97 Å². The van der Waals surface area contributed by atoms with E-state index in [1.165, 1.54) is 11.8 Å². The van der Waals surface area contributed by atoms with Crippen molar-refractivity contribution in [1.29, 1.82) is 0 Å². The lowest BCUT2D eigenvalue weighted by Gasteiger charge is -2.06. The van der Waals surface area contributed by atoms with E-state index in [0.717, 1.165) is 0 Å². The normalized spacial score (nSPS) is 10.7. The maximum absolute atomic E-state index is 11.9. The monoisotopic (exact) mass is 371 g/mol. The van der Waals surface area contributed by atoms with Crippen LogP contribution >= 0.6 is 11.8 Å². The van der Waals surface area contributed by atoms with Crippen LogP contribution in [0.25, 0.3) is 11.6 Å². The summed E-state index contributed by atoms with van der Waals surface area (Å²) in [6, 6.07) is 12.3. The number of aromatic nitrogens is 3. The van der Waals surface area contributed by atoms with Crippen molar-refractivity contribution in [2.24, 2.45) is 0 Å². The van der Waals surface area contributed by atoms with Crippen molar-refractivity contribution in [1.82, 2.24) is 14.8 Å². The van der Waals surface area contributed by atoms with Crippen LogP contribution in [0.3, 0.4) is 0 Å². The van der Waals surface area contributed by atoms with Crippen molar-refractivity contribution in [3.8, 4) is 11.6 Å². The minimum Gasteiger partial charge on any atom is -0.461 e. The van der Waals surface area contributed by atoms with Crippen LogP contribution in [0.2, 0.25) is 0 Å². The first-order valence-electron chi connectivity index (χ1n) is 8.02. The fraction of sp³-hybridized carbons (Fsp3) is 0.222. The molecule has 2 aromatic heterocycles. The minimum absolute atomic E-state index is 0.0400. The highest BCUT2D eigenvalue weighted by atomic mass is 32.2. The van der Waals surface area contributed by atoms with Gasteiger partial charge in [0.05, 0.1) is 12.0 Å². The molecule has 0 aliphatic heterocycles. The molecule has 0 aliphatic rings. The molecule has 8 heteroatoms. The van der Waals surface area contributed by atoms with E-state index in [4.69, 9.17) is 9.15 Å². The first-order chi connectivity index (χ1) is 12.7. The Morgan fingerprint density at radius 3 is 2.65 bits per heavy atom. The van der Waals surface area contributed by atoms with Gasteiger partial charge in [0.2, 0.25) is 0 Å². The third-order valence-corrected chi connectivity index (χ3v) is 4.49. The molecule has 0 saturated carbocycles. The van der Waals surface area contributed by atoms with Gasteiger partial charge in [-0.2, -0.15) is 0 Å². The maximum atomic E-state index is 11.9. The van der Waals surface area contributed by atoms with Gasteiger partial charge in [0.15, 0.2) is 29.1 Å². The number of ketones is 1. The predicted molar refractivity (Wildman–Crippen MR) is 95.9 cm³/mol. The molecule has 0 fully saturated rings. The highest BCUT2D eigenvalue weighted by Gasteiger charge is 2.17. The Morgan fingerprint density at radius 1 is 1.15 bits per heavy atom. The Bertz CT molecular complexity index is 875. The molecule has 0 spiro atoms. The number of nitrogens with zero attached hydrogens (tertiary/aromatic N) is 3. The summed E-state index contributed by atoms with van der Waals surface area (Å²) in [6.45, 7) is 2.31. The van der Waals surface area contributed by atoms with Gasteiger partial charge in [0.1, 0.15) is 0 Å². The van der Waals surface area contributed by atoms with E-state index in [1.807, 2.05) is 17.6 Å². The van der Waals surface area contributed by atoms with Crippen LogP contribution in [0.4, 0.5) is 0 Å². The second kappa shape index (κ2) is 8.48. The van der Waals surface area contributed by atoms with E-state index in [0.29, 0.717) is 28.8 Å². The Hall–Kier alpha value is -2.87. The smallest absolute Gasteiger partial charge is 0.316 e. The van der Waals surface area contributed by atoms with E-state index in [9.17, 15) is 9.59 Å². The van der Waals surface area contributed by atoms with Crippen molar-refractivity contribution in [3.05, 3.63) is 54.3 Å². The number of ether oxygens (including phenoxy) is 1. The molecule has 0 bridgehead atoms. The minimum atomic E-state index is -0.482. The quantitative estimate of drug-likeness (QED) is 0.342. The second-order valence-electron chi connectivity index (χ2n) is 5.27. The summed E-state index contributed by atoms with van der Waals surface area (Å²) in [6.07, 6.45) is 1.57. The van der Waals surface area contributed by atoms with E-state index < -0.39 is 5.97 Å². The van der Waals surface area contributed by atoms with Crippen LogP contribution in [0, 0.1) is 0 Å². The third kappa shape index (κ3) is 4.20. The van der Waals surface area contributed by atoms with Gasteiger partial charge < -0.3 is 9.15 Å². The highest BCUT2D eigenvalue weighted by Crippen LogP contribution is 2.24. The number of Topliss-reactive ketones (excluding diaryl/α,β-unsaturated/α-hetero) is 1. The van der Waals surface area contributed by atoms with Crippen LogP contribution in [-0.2, 0) is 16.1 Å². The van der Waals surface area contributed by atoms with Crippen LogP contribution in [-0.4, -0.2) is 38.9 Å². The molecule has 1 aromatic carbocycles. The number of hydrogen-bond acceptors (Lipinski definition) is 7. The average molecular weight is 371 g/mol. The van der Waals surface area contributed by atoms with Gasteiger partial charge in [0.25, 0.3) is 0 Å². The first kappa shape index (κ1) is 17.9. The van der Waals surface area contributed by atoms with Crippen LogP contribution < -0.4 is 0 Å². The first-order valence-corrected chi connectivity index (χ1v) is 9.01. The number of furan rings is 1. The standard InChI is InChI=1S/C18H17N3O4S/c1-2-21-17(15-9-6-10-24-15)19-20-18(21)26-12-16(23)25-11-14(22)13-7-4-3-5-8-13/h3-10H,2,11-12H2,1H3. The number of benzene rings is 1. The molecule has 0 saturated heterocycles. The molecule has 0 atom stereocenters. The second-order valence-corrected chi connectivity index (χ2v) is 6.21. The molecule has 26 heavy (non-hydrogen) atoms. The SMILES string of the molecule is CCn1c(SCC(=O)OCC(=O)c2ccccc2)nnc1-c1ccco1. The van der Waals surface area contributed by atoms with Crippen molar-refractivity contribution < 1.29 is 18.7 Å². The number of rotatable bonds is 8. The molecule has 134 valence electrons. The molecular weight excluding hydrogens is 354 g/mol. The summed E-state index contributed by atoms with van der Waals surface area (Å²) in [5, 5.41) is 8.80. The van der Waals surface area contributed by atoms with Gasteiger partial charge in [-0.15, -0.1) is 10.2 Å². The van der Waals surface area contributed by atoms with E-state index in [2.05, 4.69) is 10.2 Å². The number of hydrogen-bond donors (Lipinski definition) is 0. The predicted octanol–water partition coefficient (Wildman–Crippen LogP) is 3.08. The Morgan fingerprint density at radius 2 is 1.96 bits per heavy atom. The third-order valence-electron chi connectivity index (χ3n) is 3.55. The van der Waals surface area contributed by atoms with Crippen LogP contribution in [0.1, 0.15) is 17.3 Å². The van der Waals surface area contributed by atoms with E-state index in [-0.39, 0.29) is 18.1 Å². The average Bonchev–Trinajstić information content (AvgIpc) is 3.34. The molecule has 0 unspecified atom stereocenters. The van der Waals surface area contributed by atoms with E-state index >= 15 is 0 Å².